The molecule has 3 aromatic rings. The van der Waals surface area contributed by atoms with Gasteiger partial charge in [0.2, 0.25) is 5.88 Å². The van der Waals surface area contributed by atoms with Crippen LogP contribution < -0.4 is 9.47 Å². The second kappa shape index (κ2) is 7.61. The third kappa shape index (κ3) is 3.65. The zero-order valence-corrected chi connectivity index (χ0v) is 16.6. The van der Waals surface area contributed by atoms with Gasteiger partial charge in [-0.15, -0.1) is 11.8 Å². The quantitative estimate of drug-likeness (QED) is 0.331. The summed E-state index contributed by atoms with van der Waals surface area (Å²) < 4.78 is 11.7. The van der Waals surface area contributed by atoms with E-state index in [1.807, 2.05) is 37.3 Å². The maximum absolute atomic E-state index is 6.15. The minimum absolute atomic E-state index is 0.651. The number of nitrogens with zero attached hydrogens (tertiary/aromatic N) is 2. The van der Waals surface area contributed by atoms with E-state index in [0.717, 1.165) is 39.8 Å². The van der Waals surface area contributed by atoms with Crippen molar-refractivity contribution in [3.63, 3.8) is 0 Å². The molecule has 0 fully saturated rings. The highest BCUT2D eigenvalue weighted by Crippen LogP contribution is 2.40. The van der Waals surface area contributed by atoms with E-state index in [-0.39, 0.29) is 0 Å². The fourth-order valence-electron chi connectivity index (χ4n) is 3.17. The molecule has 2 heterocycles. The lowest BCUT2D eigenvalue weighted by Crippen LogP contribution is -2.09. The van der Waals surface area contributed by atoms with E-state index in [4.69, 9.17) is 19.4 Å². The van der Waals surface area contributed by atoms with Gasteiger partial charge in [0.25, 0.3) is 0 Å². The molecule has 0 bridgehead atoms. The fraction of sp³-hybridized carbons (Fsp3) is 0.273. The van der Waals surface area contributed by atoms with E-state index in [1.54, 1.807) is 11.8 Å². The van der Waals surface area contributed by atoms with Crippen LogP contribution in [0.2, 0.25) is 0 Å². The third-order valence-corrected chi connectivity index (χ3v) is 5.33. The van der Waals surface area contributed by atoms with Crippen molar-refractivity contribution in [2.45, 2.75) is 32.2 Å². The number of aryl methyl sites for hydroxylation is 1. The summed E-state index contributed by atoms with van der Waals surface area (Å²) in [6.45, 7) is 6.87. The van der Waals surface area contributed by atoms with Crippen LogP contribution in [-0.2, 0) is 6.42 Å². The summed E-state index contributed by atoms with van der Waals surface area (Å²) in [6.07, 6.45) is 0.804. The predicted octanol–water partition coefficient (Wildman–Crippen LogP) is 5.66. The van der Waals surface area contributed by atoms with Gasteiger partial charge in [0.05, 0.1) is 12.2 Å². The summed E-state index contributed by atoms with van der Waals surface area (Å²) in [7, 11) is 0. The lowest BCUT2D eigenvalue weighted by Gasteiger charge is -2.22. The first-order valence-electron chi connectivity index (χ1n) is 9.22. The number of hydrogen-bond acceptors (Lipinski definition) is 5. The molecule has 5 heteroatoms. The lowest BCUT2D eigenvalue weighted by molar-refractivity contribution is 0.340. The molecule has 4 nitrogen and oxygen atoms in total. The van der Waals surface area contributed by atoms with Crippen LogP contribution in [0.4, 0.5) is 0 Å². The van der Waals surface area contributed by atoms with Crippen LogP contribution in [0.25, 0.3) is 11.4 Å². The van der Waals surface area contributed by atoms with Crippen molar-refractivity contribution in [3.05, 3.63) is 59.2 Å². The number of rotatable bonds is 5. The van der Waals surface area contributed by atoms with E-state index in [2.05, 4.69) is 26.0 Å². The van der Waals surface area contributed by atoms with E-state index in [1.165, 1.54) is 11.1 Å². The van der Waals surface area contributed by atoms with Crippen LogP contribution in [0.1, 0.15) is 30.5 Å². The normalized spacial score (nSPS) is 12.1. The zero-order valence-electron chi connectivity index (χ0n) is 15.8. The third-order valence-electron chi connectivity index (χ3n) is 4.43. The zero-order chi connectivity index (χ0) is 18.8. The molecule has 27 heavy (non-hydrogen) atoms. The van der Waals surface area contributed by atoms with Gasteiger partial charge in [-0.2, -0.15) is 4.98 Å². The van der Waals surface area contributed by atoms with E-state index >= 15 is 0 Å². The second-order valence-corrected chi connectivity index (χ2v) is 7.67. The number of fused-ring (bicyclic) bond motifs is 2. The average Bonchev–Trinajstić information content (AvgIpc) is 2.67. The van der Waals surface area contributed by atoms with Gasteiger partial charge in [0, 0.05) is 12.0 Å². The van der Waals surface area contributed by atoms with Gasteiger partial charge in [0.15, 0.2) is 5.82 Å². The van der Waals surface area contributed by atoms with Crippen LogP contribution in [0.5, 0.6) is 17.4 Å². The van der Waals surface area contributed by atoms with E-state index < -0.39 is 0 Å². The van der Waals surface area contributed by atoms with Crippen LogP contribution in [-0.4, -0.2) is 22.3 Å². The summed E-state index contributed by atoms with van der Waals surface area (Å²) in [5, 5.41) is 0.999. The first kappa shape index (κ1) is 17.9. The van der Waals surface area contributed by atoms with Crippen LogP contribution in [0, 0.1) is 6.92 Å². The molecule has 0 amide bonds. The molecule has 138 valence electrons. The van der Waals surface area contributed by atoms with Crippen LogP contribution >= 0.6 is 11.8 Å². The number of benzene rings is 2. The Hall–Kier alpha value is -2.53. The number of hydrogen-bond donors (Lipinski definition) is 0. The minimum Gasteiger partial charge on any atom is -0.494 e. The Kier molecular flexibility index (Phi) is 5.03. The highest BCUT2D eigenvalue weighted by molar-refractivity contribution is 7.99. The van der Waals surface area contributed by atoms with Gasteiger partial charge < -0.3 is 9.47 Å². The fourth-order valence-corrected chi connectivity index (χ4v) is 3.93. The highest BCUT2D eigenvalue weighted by atomic mass is 32.2. The molecule has 0 aliphatic carbocycles. The molecule has 1 aliphatic rings. The first-order chi connectivity index (χ1) is 13.2. The molecule has 0 atom stereocenters. The molecule has 0 N–H and O–H groups in total. The first-order valence-corrected chi connectivity index (χ1v) is 10.2. The summed E-state index contributed by atoms with van der Waals surface area (Å²) in [4.78, 5) is 9.58. The number of aromatic nitrogens is 2. The summed E-state index contributed by atoms with van der Waals surface area (Å²) in [5.41, 5.74) is 4.46. The highest BCUT2D eigenvalue weighted by Gasteiger charge is 2.24. The topological polar surface area (TPSA) is 44.2 Å². The Bertz CT molecular complexity index is 971. The maximum Gasteiger partial charge on any atom is 0.227 e. The Labute approximate surface area is 164 Å². The molecular weight excluding hydrogens is 356 g/mol. The summed E-state index contributed by atoms with van der Waals surface area (Å²) in [6, 6.07) is 14.2. The molecule has 0 saturated heterocycles. The molecule has 4 rings (SSSR count). The number of thioether (sulfide) groups is 1. The van der Waals surface area contributed by atoms with Crippen molar-refractivity contribution in [3.8, 4) is 28.8 Å². The summed E-state index contributed by atoms with van der Waals surface area (Å²) >= 11 is 1.73. The van der Waals surface area contributed by atoms with E-state index in [9.17, 15) is 0 Å². The van der Waals surface area contributed by atoms with Gasteiger partial charge in [-0.1, -0.05) is 24.6 Å². The van der Waals surface area contributed by atoms with Gasteiger partial charge >= 0.3 is 0 Å². The smallest absolute Gasteiger partial charge is 0.227 e. The second-order valence-electron chi connectivity index (χ2n) is 6.42. The molecular formula is C22H22N2O2S. The van der Waals surface area contributed by atoms with Crippen LogP contribution in [0.15, 0.2) is 47.5 Å². The minimum atomic E-state index is 0.651. The molecule has 1 aliphatic heterocycles. The Morgan fingerprint density at radius 3 is 2.63 bits per heavy atom. The Morgan fingerprint density at radius 1 is 1.07 bits per heavy atom. The molecule has 0 spiro atoms. The average molecular weight is 378 g/mol. The van der Waals surface area contributed by atoms with Crippen molar-refractivity contribution in [1.82, 2.24) is 9.97 Å². The van der Waals surface area contributed by atoms with E-state index in [0.29, 0.717) is 18.3 Å². The van der Waals surface area contributed by atoms with Crippen molar-refractivity contribution in [1.29, 1.82) is 0 Å². The largest absolute Gasteiger partial charge is 0.494 e. The SMILES string of the molecule is CCOc1ccc(-c2nc3c(c(SCC)n2)Cc2cc(C)ccc2O3)cc1. The Morgan fingerprint density at radius 2 is 1.89 bits per heavy atom. The molecule has 0 unspecified atom stereocenters. The van der Waals surface area contributed by atoms with Crippen molar-refractivity contribution >= 4 is 11.8 Å². The maximum atomic E-state index is 6.15. The van der Waals surface area contributed by atoms with Crippen molar-refractivity contribution < 1.29 is 9.47 Å². The predicted molar refractivity (Wildman–Crippen MR) is 109 cm³/mol. The summed E-state index contributed by atoms with van der Waals surface area (Å²) in [5.74, 6) is 4.04. The molecule has 0 radical (unpaired) electrons. The van der Waals surface area contributed by atoms with Gasteiger partial charge in [-0.25, -0.2) is 4.98 Å². The lowest BCUT2D eigenvalue weighted by atomic mass is 10.0. The molecule has 0 saturated carbocycles. The number of ether oxygens (including phenoxy) is 2. The van der Waals surface area contributed by atoms with Crippen LogP contribution in [0.3, 0.4) is 0 Å². The van der Waals surface area contributed by atoms with Gasteiger partial charge in [-0.05, 0) is 55.5 Å². The van der Waals surface area contributed by atoms with Gasteiger partial charge in [-0.3, -0.25) is 0 Å². The molecule has 2 aromatic carbocycles. The monoisotopic (exact) mass is 378 g/mol. The molecule has 1 aromatic heterocycles. The standard InChI is InChI=1S/C22H22N2O2S/c1-4-25-17-9-7-15(8-10-17)20-23-21-18(22(24-20)27-5-2)13-16-12-14(3)6-11-19(16)26-21/h6-12H,4-5,13H2,1-3H3. The van der Waals surface area contributed by atoms with Crippen molar-refractivity contribution in [2.24, 2.45) is 0 Å². The Balaban J connectivity index is 1.75. The van der Waals surface area contributed by atoms with Crippen molar-refractivity contribution in [2.75, 3.05) is 12.4 Å². The van der Waals surface area contributed by atoms with Gasteiger partial charge in [0.1, 0.15) is 16.5 Å².